The molecular weight excluding hydrogens is 308 g/mol. The molecule has 2 rings (SSSR count). The summed E-state index contributed by atoms with van der Waals surface area (Å²) in [6, 6.07) is 0. The summed E-state index contributed by atoms with van der Waals surface area (Å²) in [7, 11) is 0. The summed E-state index contributed by atoms with van der Waals surface area (Å²) in [5.74, 6) is 0.703. The zero-order valence-electron chi connectivity index (χ0n) is 15.1. The predicted octanol–water partition coefficient (Wildman–Crippen LogP) is 0.707. The summed E-state index contributed by atoms with van der Waals surface area (Å²) in [5.41, 5.74) is 0.957. The Labute approximate surface area is 143 Å². The van der Waals surface area contributed by atoms with E-state index in [1.807, 2.05) is 13.8 Å². The number of ether oxygens (including phenoxy) is 1. The van der Waals surface area contributed by atoms with E-state index in [0.29, 0.717) is 25.5 Å². The molecule has 1 amide bonds. The van der Waals surface area contributed by atoms with Crippen molar-refractivity contribution < 1.29 is 9.53 Å². The Kier molecular flexibility index (Phi) is 6.44. The van der Waals surface area contributed by atoms with Crippen LogP contribution >= 0.6 is 0 Å². The van der Waals surface area contributed by atoms with Gasteiger partial charge in [0.1, 0.15) is 6.54 Å². The zero-order valence-corrected chi connectivity index (χ0v) is 15.1. The topological polar surface area (TPSA) is 76.4 Å². The van der Waals surface area contributed by atoms with E-state index in [0.717, 1.165) is 18.7 Å². The number of hydrogen-bond acceptors (Lipinski definition) is 6. The number of carbonyl (C=O) groups is 1. The van der Waals surface area contributed by atoms with Gasteiger partial charge in [-0.15, -0.1) is 5.10 Å². The number of likely N-dealkylation sites (N-methyl/N-ethyl adjacent to an activating group) is 1. The van der Waals surface area contributed by atoms with Crippen molar-refractivity contribution >= 4 is 5.91 Å². The molecule has 1 aliphatic rings. The predicted molar refractivity (Wildman–Crippen MR) is 90.2 cm³/mol. The van der Waals surface area contributed by atoms with Gasteiger partial charge in [-0.05, 0) is 38.1 Å². The minimum atomic E-state index is -0.00207. The van der Waals surface area contributed by atoms with Crippen LogP contribution in [0.3, 0.4) is 0 Å². The second-order valence-corrected chi connectivity index (χ2v) is 6.57. The second kappa shape index (κ2) is 8.34. The molecule has 0 N–H and O–H groups in total. The van der Waals surface area contributed by atoms with Gasteiger partial charge in [0.25, 0.3) is 0 Å². The summed E-state index contributed by atoms with van der Waals surface area (Å²) in [6.07, 6.45) is 0.372. The molecule has 1 aromatic rings. The molecule has 1 aromatic heterocycles. The van der Waals surface area contributed by atoms with Crippen LogP contribution in [-0.2, 0) is 22.6 Å². The first kappa shape index (κ1) is 18.5. The van der Waals surface area contributed by atoms with E-state index in [1.165, 1.54) is 0 Å². The van der Waals surface area contributed by atoms with Crippen molar-refractivity contribution in [2.75, 3.05) is 26.2 Å². The van der Waals surface area contributed by atoms with Crippen molar-refractivity contribution in [1.29, 1.82) is 0 Å². The average Bonchev–Trinajstić information content (AvgIpc) is 2.90. The third-order valence-electron chi connectivity index (χ3n) is 3.95. The fourth-order valence-corrected chi connectivity index (χ4v) is 3.00. The molecule has 24 heavy (non-hydrogen) atoms. The minimum Gasteiger partial charge on any atom is -0.373 e. The van der Waals surface area contributed by atoms with Gasteiger partial charge in [0.2, 0.25) is 5.91 Å². The first-order valence-corrected chi connectivity index (χ1v) is 8.44. The molecule has 134 valence electrons. The van der Waals surface area contributed by atoms with Gasteiger partial charge in [-0.2, -0.15) is 0 Å². The molecule has 0 unspecified atom stereocenters. The van der Waals surface area contributed by atoms with Gasteiger partial charge in [0, 0.05) is 26.2 Å². The molecule has 0 bridgehead atoms. The molecule has 0 aromatic carbocycles. The normalized spacial score (nSPS) is 21.7. The van der Waals surface area contributed by atoms with E-state index in [1.54, 1.807) is 9.58 Å². The highest BCUT2D eigenvalue weighted by molar-refractivity contribution is 5.76. The van der Waals surface area contributed by atoms with Gasteiger partial charge in [0.05, 0.1) is 18.8 Å². The highest BCUT2D eigenvalue weighted by Gasteiger charge is 2.24. The molecule has 1 saturated heterocycles. The number of nitrogens with zero attached hydrogens (tertiary/aromatic N) is 6. The number of morpholine rings is 1. The molecule has 0 radical (unpaired) electrons. The van der Waals surface area contributed by atoms with Gasteiger partial charge >= 0.3 is 0 Å². The lowest BCUT2D eigenvalue weighted by Crippen LogP contribution is -2.45. The lowest BCUT2D eigenvalue weighted by atomic mass is 10.2. The smallest absolute Gasteiger partial charge is 0.244 e. The number of carbonyl (C=O) groups excluding carboxylic acids is 1. The highest BCUT2D eigenvalue weighted by Crippen LogP contribution is 2.13. The van der Waals surface area contributed by atoms with E-state index in [-0.39, 0.29) is 24.7 Å². The number of tetrazole rings is 1. The fourth-order valence-electron chi connectivity index (χ4n) is 3.00. The molecule has 1 fully saturated rings. The summed E-state index contributed by atoms with van der Waals surface area (Å²) in [4.78, 5) is 16.5. The molecule has 8 nitrogen and oxygen atoms in total. The monoisotopic (exact) mass is 336 g/mol. The van der Waals surface area contributed by atoms with Gasteiger partial charge < -0.3 is 9.64 Å². The van der Waals surface area contributed by atoms with Crippen molar-refractivity contribution in [2.45, 2.75) is 53.0 Å². The van der Waals surface area contributed by atoms with Crippen LogP contribution in [0.2, 0.25) is 0 Å². The van der Waals surface area contributed by atoms with Crippen LogP contribution in [0.1, 0.15) is 33.5 Å². The fraction of sp³-hybridized carbons (Fsp3) is 0.750. The van der Waals surface area contributed by atoms with Crippen LogP contribution in [0.15, 0.2) is 12.2 Å². The van der Waals surface area contributed by atoms with Crippen LogP contribution in [0.5, 0.6) is 0 Å². The molecule has 0 spiro atoms. The van der Waals surface area contributed by atoms with Gasteiger partial charge in [0.15, 0.2) is 5.82 Å². The maximum Gasteiger partial charge on any atom is 0.244 e. The molecule has 2 atom stereocenters. The van der Waals surface area contributed by atoms with E-state index in [2.05, 4.69) is 40.9 Å². The van der Waals surface area contributed by atoms with Crippen molar-refractivity contribution in [3.05, 3.63) is 18.0 Å². The van der Waals surface area contributed by atoms with Crippen LogP contribution in [0, 0.1) is 0 Å². The zero-order chi connectivity index (χ0) is 17.7. The van der Waals surface area contributed by atoms with Crippen LogP contribution in [-0.4, -0.2) is 74.3 Å². The second-order valence-electron chi connectivity index (χ2n) is 6.57. The quantitative estimate of drug-likeness (QED) is 0.683. The molecule has 2 heterocycles. The lowest BCUT2D eigenvalue weighted by Gasteiger charge is -2.34. The Balaban J connectivity index is 1.99. The van der Waals surface area contributed by atoms with E-state index < -0.39 is 0 Å². The third kappa shape index (κ3) is 5.10. The molecule has 8 heteroatoms. The van der Waals surface area contributed by atoms with Gasteiger partial charge in [-0.25, -0.2) is 4.68 Å². The summed E-state index contributed by atoms with van der Waals surface area (Å²) >= 11 is 0. The summed E-state index contributed by atoms with van der Waals surface area (Å²) < 4.78 is 7.34. The standard InChI is InChI=1S/C16H28N6O2/c1-6-21(7-12(2)3)16(23)11-22-15(17-18-19-22)10-20-8-13(4)24-14(5)9-20/h13-14H,2,6-11H2,1,3-5H3/t13-,14+. The molecule has 0 aliphatic carbocycles. The third-order valence-corrected chi connectivity index (χ3v) is 3.95. The van der Waals surface area contributed by atoms with Gasteiger partial charge in [-0.1, -0.05) is 12.2 Å². The Hall–Kier alpha value is -1.80. The van der Waals surface area contributed by atoms with E-state index in [4.69, 9.17) is 4.74 Å². The lowest BCUT2D eigenvalue weighted by molar-refractivity contribution is -0.131. The first-order chi connectivity index (χ1) is 11.4. The molecule has 1 aliphatic heterocycles. The highest BCUT2D eigenvalue weighted by atomic mass is 16.5. The Morgan fingerprint density at radius 1 is 1.38 bits per heavy atom. The average molecular weight is 336 g/mol. The maximum atomic E-state index is 12.5. The van der Waals surface area contributed by atoms with E-state index in [9.17, 15) is 4.79 Å². The largest absolute Gasteiger partial charge is 0.373 e. The Morgan fingerprint density at radius 2 is 2.04 bits per heavy atom. The number of hydrogen-bond donors (Lipinski definition) is 0. The minimum absolute atomic E-state index is 0.00207. The van der Waals surface area contributed by atoms with Crippen LogP contribution in [0.25, 0.3) is 0 Å². The number of aromatic nitrogens is 4. The molecular formula is C16H28N6O2. The Bertz CT molecular complexity index is 563. The van der Waals surface area contributed by atoms with Crippen molar-refractivity contribution in [1.82, 2.24) is 30.0 Å². The SMILES string of the molecule is C=C(C)CN(CC)C(=O)Cn1nnnc1CN1C[C@@H](C)O[C@@H](C)C1. The van der Waals surface area contributed by atoms with Crippen molar-refractivity contribution in [3.8, 4) is 0 Å². The molecule has 0 saturated carbocycles. The summed E-state index contributed by atoms with van der Waals surface area (Å²) in [6.45, 7) is 15.5. The first-order valence-electron chi connectivity index (χ1n) is 8.44. The van der Waals surface area contributed by atoms with Gasteiger partial charge in [-0.3, -0.25) is 9.69 Å². The van der Waals surface area contributed by atoms with Crippen molar-refractivity contribution in [3.63, 3.8) is 0 Å². The van der Waals surface area contributed by atoms with E-state index >= 15 is 0 Å². The maximum absolute atomic E-state index is 12.5. The van der Waals surface area contributed by atoms with Crippen molar-refractivity contribution in [2.24, 2.45) is 0 Å². The number of amides is 1. The Morgan fingerprint density at radius 3 is 2.62 bits per heavy atom. The van der Waals surface area contributed by atoms with Crippen LogP contribution < -0.4 is 0 Å². The summed E-state index contributed by atoms with van der Waals surface area (Å²) in [5, 5.41) is 11.8. The number of rotatable bonds is 7. The van der Waals surface area contributed by atoms with Crippen LogP contribution in [0.4, 0.5) is 0 Å².